The summed E-state index contributed by atoms with van der Waals surface area (Å²) in [6.07, 6.45) is 0. The van der Waals surface area contributed by atoms with E-state index in [1.54, 1.807) is 6.92 Å². The summed E-state index contributed by atoms with van der Waals surface area (Å²) < 4.78 is 0. The quantitative estimate of drug-likeness (QED) is 0.917. The molecule has 4 nitrogen and oxygen atoms in total. The molecular formula is C14H20ClN3O. The lowest BCUT2D eigenvalue weighted by molar-refractivity contribution is -0.129. The predicted octanol–water partition coefficient (Wildman–Crippen LogP) is 1.73. The Morgan fingerprint density at radius 1 is 1.32 bits per heavy atom. The van der Waals surface area contributed by atoms with E-state index in [0.29, 0.717) is 0 Å². The smallest absolute Gasteiger partial charge is 0.219 e. The molecule has 0 aromatic heterocycles. The molecule has 1 amide bonds. The average molecular weight is 282 g/mol. The van der Waals surface area contributed by atoms with Gasteiger partial charge in [-0.25, -0.2) is 0 Å². The molecule has 1 N–H and O–H groups in total. The van der Waals surface area contributed by atoms with Gasteiger partial charge in [-0.3, -0.25) is 4.79 Å². The molecular weight excluding hydrogens is 262 g/mol. The number of halogens is 1. The minimum Gasteiger partial charge on any atom is -0.368 e. The number of nitrogens with zero attached hydrogens (tertiary/aromatic N) is 2. The fourth-order valence-corrected chi connectivity index (χ4v) is 2.65. The van der Waals surface area contributed by atoms with Crippen LogP contribution in [0.1, 0.15) is 12.5 Å². The van der Waals surface area contributed by atoms with E-state index in [-0.39, 0.29) is 5.91 Å². The van der Waals surface area contributed by atoms with Crippen molar-refractivity contribution in [2.45, 2.75) is 13.5 Å². The molecule has 1 aromatic carbocycles. The van der Waals surface area contributed by atoms with Crippen molar-refractivity contribution in [1.82, 2.24) is 10.2 Å². The van der Waals surface area contributed by atoms with Gasteiger partial charge in [-0.1, -0.05) is 11.6 Å². The summed E-state index contributed by atoms with van der Waals surface area (Å²) >= 11 is 6.06. The van der Waals surface area contributed by atoms with Gasteiger partial charge in [0.05, 0.1) is 0 Å². The highest BCUT2D eigenvalue weighted by Gasteiger charge is 2.20. The van der Waals surface area contributed by atoms with E-state index in [0.717, 1.165) is 37.7 Å². The van der Waals surface area contributed by atoms with Crippen LogP contribution in [0.15, 0.2) is 18.2 Å². The monoisotopic (exact) mass is 281 g/mol. The van der Waals surface area contributed by atoms with Crippen LogP contribution in [0.3, 0.4) is 0 Å². The number of nitrogens with one attached hydrogen (secondary N) is 1. The van der Waals surface area contributed by atoms with Crippen LogP contribution in [0.2, 0.25) is 5.02 Å². The topological polar surface area (TPSA) is 35.6 Å². The molecule has 0 bridgehead atoms. The van der Waals surface area contributed by atoms with Gasteiger partial charge in [-0.05, 0) is 30.8 Å². The van der Waals surface area contributed by atoms with Gasteiger partial charge in [0.1, 0.15) is 0 Å². The molecule has 104 valence electrons. The highest BCUT2D eigenvalue weighted by Crippen LogP contribution is 2.25. The van der Waals surface area contributed by atoms with Gasteiger partial charge < -0.3 is 15.1 Å². The third kappa shape index (κ3) is 3.39. The minimum absolute atomic E-state index is 0.159. The fourth-order valence-electron chi connectivity index (χ4n) is 2.46. The molecule has 19 heavy (non-hydrogen) atoms. The SMILES string of the molecule is CNCc1cc(Cl)ccc1N1CCN(C(C)=O)CC1. The third-order valence-electron chi connectivity index (χ3n) is 3.47. The second kappa shape index (κ2) is 6.26. The van der Waals surface area contributed by atoms with Crippen molar-refractivity contribution in [2.75, 3.05) is 38.1 Å². The van der Waals surface area contributed by atoms with Gasteiger partial charge >= 0.3 is 0 Å². The Bertz CT molecular complexity index is 456. The molecule has 0 radical (unpaired) electrons. The lowest BCUT2D eigenvalue weighted by Crippen LogP contribution is -2.48. The molecule has 1 aliphatic heterocycles. The maximum atomic E-state index is 11.3. The van der Waals surface area contributed by atoms with Crippen molar-refractivity contribution in [1.29, 1.82) is 0 Å². The van der Waals surface area contributed by atoms with E-state index in [9.17, 15) is 4.79 Å². The van der Waals surface area contributed by atoms with Gasteiger partial charge in [0.25, 0.3) is 0 Å². The normalized spacial score (nSPS) is 15.7. The standard InChI is InChI=1S/C14H20ClN3O/c1-11(19)17-5-7-18(8-6-17)14-4-3-13(15)9-12(14)10-16-2/h3-4,9,16H,5-8,10H2,1-2H3. The minimum atomic E-state index is 0.159. The lowest BCUT2D eigenvalue weighted by atomic mass is 10.1. The lowest BCUT2D eigenvalue weighted by Gasteiger charge is -2.36. The zero-order chi connectivity index (χ0) is 13.8. The molecule has 1 fully saturated rings. The highest BCUT2D eigenvalue weighted by molar-refractivity contribution is 6.30. The van der Waals surface area contributed by atoms with E-state index >= 15 is 0 Å². The number of rotatable bonds is 3. The number of hydrogen-bond acceptors (Lipinski definition) is 3. The van der Waals surface area contributed by atoms with Gasteiger partial charge in [0.15, 0.2) is 0 Å². The van der Waals surface area contributed by atoms with Crippen molar-refractivity contribution in [3.8, 4) is 0 Å². The molecule has 1 saturated heterocycles. The number of hydrogen-bond donors (Lipinski definition) is 1. The van der Waals surface area contributed by atoms with Crippen LogP contribution in [0, 0.1) is 0 Å². The second-order valence-corrected chi connectivity index (χ2v) is 5.23. The molecule has 2 rings (SSSR count). The molecule has 1 aromatic rings. The summed E-state index contributed by atoms with van der Waals surface area (Å²) in [7, 11) is 1.93. The summed E-state index contributed by atoms with van der Waals surface area (Å²) in [6.45, 7) is 5.75. The number of benzene rings is 1. The molecule has 0 spiro atoms. The van der Waals surface area contributed by atoms with Crippen molar-refractivity contribution in [2.24, 2.45) is 0 Å². The molecule has 0 saturated carbocycles. The summed E-state index contributed by atoms with van der Waals surface area (Å²) in [6, 6.07) is 6.00. The fraction of sp³-hybridized carbons (Fsp3) is 0.500. The Labute approximate surface area is 119 Å². The first-order valence-electron chi connectivity index (χ1n) is 6.55. The number of carbonyl (C=O) groups excluding carboxylic acids is 1. The maximum absolute atomic E-state index is 11.3. The Hall–Kier alpha value is -1.26. The molecule has 1 heterocycles. The summed E-state index contributed by atoms with van der Waals surface area (Å²) in [5, 5.41) is 3.93. The van der Waals surface area contributed by atoms with E-state index in [1.165, 1.54) is 11.3 Å². The second-order valence-electron chi connectivity index (χ2n) is 4.80. The van der Waals surface area contributed by atoms with E-state index in [1.807, 2.05) is 24.1 Å². The maximum Gasteiger partial charge on any atom is 0.219 e. The van der Waals surface area contributed by atoms with Crippen LogP contribution >= 0.6 is 11.6 Å². The van der Waals surface area contributed by atoms with Crippen LogP contribution in [-0.4, -0.2) is 44.0 Å². The molecule has 0 aliphatic carbocycles. The van der Waals surface area contributed by atoms with Gasteiger partial charge in [0, 0.05) is 50.4 Å². The van der Waals surface area contributed by atoms with Crippen LogP contribution in [0.4, 0.5) is 5.69 Å². The van der Waals surface area contributed by atoms with Crippen LogP contribution < -0.4 is 10.2 Å². The van der Waals surface area contributed by atoms with E-state index < -0.39 is 0 Å². The number of carbonyl (C=O) groups is 1. The summed E-state index contributed by atoms with van der Waals surface area (Å²) in [5.41, 5.74) is 2.41. The molecule has 0 unspecified atom stereocenters. The van der Waals surface area contributed by atoms with E-state index in [4.69, 9.17) is 11.6 Å². The first kappa shape index (κ1) is 14.2. The third-order valence-corrected chi connectivity index (χ3v) is 3.71. The summed E-state index contributed by atoms with van der Waals surface area (Å²) in [5.74, 6) is 0.159. The van der Waals surface area contributed by atoms with Crippen LogP contribution in [-0.2, 0) is 11.3 Å². The largest absolute Gasteiger partial charge is 0.368 e. The first-order chi connectivity index (χ1) is 9.11. The van der Waals surface area contributed by atoms with Crippen molar-refractivity contribution >= 4 is 23.2 Å². The Balaban J connectivity index is 2.12. The van der Waals surface area contributed by atoms with E-state index in [2.05, 4.69) is 16.3 Å². The predicted molar refractivity (Wildman–Crippen MR) is 78.7 cm³/mol. The van der Waals surface area contributed by atoms with Gasteiger partial charge in [-0.15, -0.1) is 0 Å². The molecule has 1 aliphatic rings. The van der Waals surface area contributed by atoms with Crippen molar-refractivity contribution in [3.63, 3.8) is 0 Å². The van der Waals surface area contributed by atoms with Crippen molar-refractivity contribution in [3.05, 3.63) is 28.8 Å². The van der Waals surface area contributed by atoms with Gasteiger partial charge in [-0.2, -0.15) is 0 Å². The Kier molecular flexibility index (Phi) is 4.66. The van der Waals surface area contributed by atoms with Gasteiger partial charge in [0.2, 0.25) is 5.91 Å². The zero-order valence-corrected chi connectivity index (χ0v) is 12.2. The van der Waals surface area contributed by atoms with Crippen LogP contribution in [0.5, 0.6) is 0 Å². The number of piperazine rings is 1. The Morgan fingerprint density at radius 2 is 2.00 bits per heavy atom. The van der Waals surface area contributed by atoms with Crippen molar-refractivity contribution < 1.29 is 4.79 Å². The first-order valence-corrected chi connectivity index (χ1v) is 6.93. The van der Waals surface area contributed by atoms with Crippen LogP contribution in [0.25, 0.3) is 0 Å². The molecule has 5 heteroatoms. The number of anilines is 1. The zero-order valence-electron chi connectivity index (χ0n) is 11.4. The molecule has 0 atom stereocenters. The summed E-state index contributed by atoms with van der Waals surface area (Å²) in [4.78, 5) is 15.6. The Morgan fingerprint density at radius 3 is 2.58 bits per heavy atom. The highest BCUT2D eigenvalue weighted by atomic mass is 35.5. The number of amides is 1. The average Bonchev–Trinajstić information content (AvgIpc) is 2.39.